The monoisotopic (exact) mass is 359 g/mol. The predicted octanol–water partition coefficient (Wildman–Crippen LogP) is 3.43. The smallest absolute Gasteiger partial charge is 0.412 e. The zero-order valence-electron chi connectivity index (χ0n) is 14.3. The van der Waals surface area contributed by atoms with Crippen molar-refractivity contribution in [3.63, 3.8) is 0 Å². The first kappa shape index (κ1) is 17.9. The third kappa shape index (κ3) is 4.18. The molecule has 0 fully saturated rings. The number of aliphatic hydroxyl groups excluding tert-OH is 1. The molecule has 7 heteroatoms. The standard InChI is InChI=1S/C19H21NO6/c1-12(8-9-21)18(13-2-5-15(22)6-3-13)26-19(23)20-14-4-7-16-17(10-14)25-11-24-16/h2-7,10,12,18,21-22H,8-9,11H2,1H3,(H,20,23)/t12-,18-/m1/s1. The number of hydrogen-bond donors (Lipinski definition) is 3. The molecule has 0 radical (unpaired) electrons. The molecule has 1 aliphatic heterocycles. The second kappa shape index (κ2) is 7.97. The van der Waals surface area contributed by atoms with Crippen molar-refractivity contribution in [1.29, 1.82) is 0 Å². The van der Waals surface area contributed by atoms with Gasteiger partial charge in [0.05, 0.1) is 0 Å². The Balaban J connectivity index is 1.71. The largest absolute Gasteiger partial charge is 0.508 e. The van der Waals surface area contributed by atoms with Gasteiger partial charge in [0.25, 0.3) is 0 Å². The molecule has 0 saturated carbocycles. The molecular weight excluding hydrogens is 338 g/mol. The molecule has 138 valence electrons. The molecule has 2 aromatic rings. The van der Waals surface area contributed by atoms with Crippen LogP contribution < -0.4 is 14.8 Å². The van der Waals surface area contributed by atoms with Crippen molar-refractivity contribution in [3.8, 4) is 17.2 Å². The van der Waals surface area contributed by atoms with Crippen LogP contribution in [-0.2, 0) is 4.74 Å². The predicted molar refractivity (Wildman–Crippen MR) is 94.4 cm³/mol. The highest BCUT2D eigenvalue weighted by molar-refractivity contribution is 5.85. The molecule has 7 nitrogen and oxygen atoms in total. The van der Waals surface area contributed by atoms with Crippen LogP contribution in [0.15, 0.2) is 42.5 Å². The van der Waals surface area contributed by atoms with Crippen LogP contribution >= 0.6 is 0 Å². The van der Waals surface area contributed by atoms with Crippen molar-refractivity contribution in [1.82, 2.24) is 0 Å². The summed E-state index contributed by atoms with van der Waals surface area (Å²) in [6.07, 6.45) is -0.702. The van der Waals surface area contributed by atoms with Gasteiger partial charge < -0.3 is 24.4 Å². The van der Waals surface area contributed by atoms with Crippen LogP contribution in [0, 0.1) is 5.92 Å². The number of phenols is 1. The van der Waals surface area contributed by atoms with E-state index in [1.807, 2.05) is 6.92 Å². The fourth-order valence-electron chi connectivity index (χ4n) is 2.77. The van der Waals surface area contributed by atoms with Crippen molar-refractivity contribution in [3.05, 3.63) is 48.0 Å². The number of carbonyl (C=O) groups excluding carboxylic acids is 1. The molecule has 0 bridgehead atoms. The molecule has 1 amide bonds. The normalized spacial score (nSPS) is 14.5. The number of nitrogens with one attached hydrogen (secondary N) is 1. The molecule has 2 atom stereocenters. The topological polar surface area (TPSA) is 97.3 Å². The van der Waals surface area contributed by atoms with Crippen LogP contribution in [0.25, 0.3) is 0 Å². The Morgan fingerprint density at radius 3 is 2.65 bits per heavy atom. The summed E-state index contributed by atoms with van der Waals surface area (Å²) >= 11 is 0. The maximum absolute atomic E-state index is 12.4. The zero-order valence-corrected chi connectivity index (χ0v) is 14.3. The maximum Gasteiger partial charge on any atom is 0.412 e. The molecular formula is C19H21NO6. The van der Waals surface area contributed by atoms with Gasteiger partial charge in [0.15, 0.2) is 11.5 Å². The fourth-order valence-corrected chi connectivity index (χ4v) is 2.77. The third-order valence-electron chi connectivity index (χ3n) is 4.18. The maximum atomic E-state index is 12.4. The summed E-state index contributed by atoms with van der Waals surface area (Å²) in [5.41, 5.74) is 1.27. The van der Waals surface area contributed by atoms with Crippen LogP contribution in [0.2, 0.25) is 0 Å². The van der Waals surface area contributed by atoms with E-state index in [0.717, 1.165) is 5.56 Å². The number of phenolic OH excluding ortho intramolecular Hbond substituents is 1. The average Bonchev–Trinajstić information content (AvgIpc) is 3.08. The summed E-state index contributed by atoms with van der Waals surface area (Å²) in [6.45, 7) is 2.04. The Morgan fingerprint density at radius 2 is 1.92 bits per heavy atom. The fraction of sp³-hybridized carbons (Fsp3) is 0.316. The van der Waals surface area contributed by atoms with Gasteiger partial charge in [0.1, 0.15) is 11.9 Å². The number of rotatable bonds is 6. The number of anilines is 1. The van der Waals surface area contributed by atoms with Gasteiger partial charge in [0.2, 0.25) is 6.79 Å². The van der Waals surface area contributed by atoms with E-state index in [9.17, 15) is 15.0 Å². The third-order valence-corrected chi connectivity index (χ3v) is 4.18. The van der Waals surface area contributed by atoms with E-state index in [0.29, 0.717) is 23.6 Å². The molecule has 2 aromatic carbocycles. The molecule has 0 spiro atoms. The number of benzene rings is 2. The minimum absolute atomic E-state index is 0.0110. The second-order valence-electron chi connectivity index (χ2n) is 6.10. The Kier molecular flexibility index (Phi) is 5.48. The van der Waals surface area contributed by atoms with Crippen molar-refractivity contribution in [2.75, 3.05) is 18.7 Å². The lowest BCUT2D eigenvalue weighted by atomic mass is 9.94. The molecule has 1 heterocycles. The lowest BCUT2D eigenvalue weighted by molar-refractivity contribution is 0.0667. The van der Waals surface area contributed by atoms with E-state index in [1.165, 1.54) is 12.1 Å². The number of aliphatic hydroxyl groups is 1. The van der Waals surface area contributed by atoms with Crippen LogP contribution in [0.1, 0.15) is 25.0 Å². The summed E-state index contributed by atoms with van der Waals surface area (Å²) < 4.78 is 16.1. The van der Waals surface area contributed by atoms with Gasteiger partial charge in [-0.2, -0.15) is 0 Å². The van der Waals surface area contributed by atoms with Crippen LogP contribution in [0.3, 0.4) is 0 Å². The van der Waals surface area contributed by atoms with Gasteiger partial charge in [-0.15, -0.1) is 0 Å². The Labute approximate surface area is 151 Å². The molecule has 0 aliphatic carbocycles. The minimum Gasteiger partial charge on any atom is -0.508 e. The van der Waals surface area contributed by atoms with Crippen molar-refractivity contribution in [2.45, 2.75) is 19.4 Å². The van der Waals surface area contributed by atoms with Gasteiger partial charge >= 0.3 is 6.09 Å². The van der Waals surface area contributed by atoms with Gasteiger partial charge in [-0.05, 0) is 42.2 Å². The molecule has 0 unspecified atom stereocenters. The first-order valence-corrected chi connectivity index (χ1v) is 8.34. The van der Waals surface area contributed by atoms with E-state index in [4.69, 9.17) is 14.2 Å². The SMILES string of the molecule is C[C@H](CCO)[C@@H](OC(=O)Nc1ccc2c(c1)OCO2)c1ccc(O)cc1. The Morgan fingerprint density at radius 1 is 1.19 bits per heavy atom. The quantitative estimate of drug-likeness (QED) is 0.731. The number of carbonyl (C=O) groups is 1. The minimum atomic E-state index is -0.619. The van der Waals surface area contributed by atoms with E-state index in [2.05, 4.69) is 5.32 Å². The van der Waals surface area contributed by atoms with E-state index >= 15 is 0 Å². The zero-order chi connectivity index (χ0) is 18.5. The molecule has 3 rings (SSSR count). The average molecular weight is 359 g/mol. The lowest BCUT2D eigenvalue weighted by Crippen LogP contribution is -2.22. The van der Waals surface area contributed by atoms with Gasteiger partial charge in [-0.3, -0.25) is 5.32 Å². The van der Waals surface area contributed by atoms with Crippen molar-refractivity contribution >= 4 is 11.8 Å². The highest BCUT2D eigenvalue weighted by Crippen LogP contribution is 2.35. The summed E-state index contributed by atoms with van der Waals surface area (Å²) in [5.74, 6) is 1.22. The van der Waals surface area contributed by atoms with Crippen LogP contribution in [0.4, 0.5) is 10.5 Å². The molecule has 3 N–H and O–H groups in total. The van der Waals surface area contributed by atoms with Crippen molar-refractivity contribution < 1.29 is 29.2 Å². The highest BCUT2D eigenvalue weighted by Gasteiger charge is 2.24. The van der Waals surface area contributed by atoms with Crippen molar-refractivity contribution in [2.24, 2.45) is 5.92 Å². The second-order valence-corrected chi connectivity index (χ2v) is 6.10. The van der Waals surface area contributed by atoms with Gasteiger partial charge in [0, 0.05) is 18.4 Å². The van der Waals surface area contributed by atoms with Gasteiger partial charge in [-0.1, -0.05) is 19.1 Å². The lowest BCUT2D eigenvalue weighted by Gasteiger charge is -2.24. The number of ether oxygens (including phenoxy) is 3. The molecule has 1 aliphatic rings. The molecule has 0 aromatic heterocycles. The summed E-state index contributed by atoms with van der Waals surface area (Å²) in [5, 5.41) is 21.3. The first-order chi connectivity index (χ1) is 12.6. The molecule has 26 heavy (non-hydrogen) atoms. The van der Waals surface area contributed by atoms with Gasteiger partial charge in [-0.25, -0.2) is 4.79 Å². The number of amides is 1. The van der Waals surface area contributed by atoms with E-state index < -0.39 is 12.2 Å². The number of hydrogen-bond acceptors (Lipinski definition) is 6. The summed E-state index contributed by atoms with van der Waals surface area (Å²) in [4.78, 5) is 12.4. The molecule has 0 saturated heterocycles. The summed E-state index contributed by atoms with van der Waals surface area (Å²) in [6, 6.07) is 11.5. The first-order valence-electron chi connectivity index (χ1n) is 8.34. The highest BCUT2D eigenvalue weighted by atomic mass is 16.7. The Hall–Kier alpha value is -2.93. The van der Waals surface area contributed by atoms with E-state index in [1.54, 1.807) is 30.3 Å². The number of fused-ring (bicyclic) bond motifs is 1. The number of aromatic hydroxyl groups is 1. The van der Waals surface area contributed by atoms with E-state index in [-0.39, 0.29) is 25.1 Å². The summed E-state index contributed by atoms with van der Waals surface area (Å²) in [7, 11) is 0. The van der Waals surface area contributed by atoms with Crippen LogP contribution in [0.5, 0.6) is 17.2 Å². The van der Waals surface area contributed by atoms with Crippen LogP contribution in [-0.4, -0.2) is 29.7 Å². The Bertz CT molecular complexity index is 761.